The first-order chi connectivity index (χ1) is 9.90. The van der Waals surface area contributed by atoms with E-state index in [2.05, 4.69) is 10.3 Å². The van der Waals surface area contributed by atoms with Crippen molar-refractivity contribution in [3.05, 3.63) is 23.9 Å². The van der Waals surface area contributed by atoms with Crippen molar-refractivity contribution in [3.8, 4) is 0 Å². The van der Waals surface area contributed by atoms with E-state index in [9.17, 15) is 18.0 Å². The van der Waals surface area contributed by atoms with Gasteiger partial charge < -0.3 is 10.2 Å². The third-order valence-corrected chi connectivity index (χ3v) is 4.65. The van der Waals surface area contributed by atoms with Crippen molar-refractivity contribution >= 4 is 12.2 Å². The van der Waals surface area contributed by atoms with Crippen molar-refractivity contribution in [2.45, 2.75) is 44.1 Å². The maximum absolute atomic E-state index is 12.5. The van der Waals surface area contributed by atoms with Crippen LogP contribution < -0.4 is 5.32 Å². The number of hydrogen-bond donors (Lipinski definition) is 1. The van der Waals surface area contributed by atoms with Crippen LogP contribution in [0.3, 0.4) is 0 Å². The first-order valence-corrected chi connectivity index (χ1v) is 6.92. The average molecular weight is 299 g/mol. The number of fused-ring (bicyclic) bond motifs is 2. The number of carbonyl (C=O) groups is 1. The summed E-state index contributed by atoms with van der Waals surface area (Å²) in [4.78, 5) is 16.7. The van der Waals surface area contributed by atoms with Crippen molar-refractivity contribution in [2.75, 3.05) is 5.32 Å². The molecule has 2 fully saturated rings. The summed E-state index contributed by atoms with van der Waals surface area (Å²) in [5.74, 6) is 0.867. The van der Waals surface area contributed by atoms with Gasteiger partial charge in [0.25, 0.3) is 0 Å². The van der Waals surface area contributed by atoms with Gasteiger partial charge in [0.05, 0.1) is 11.6 Å². The molecule has 4 nitrogen and oxygen atoms in total. The predicted octanol–water partition coefficient (Wildman–Crippen LogP) is 2.52. The van der Waals surface area contributed by atoms with Crippen LogP contribution in [0.25, 0.3) is 0 Å². The number of anilines is 1. The number of carbonyl (C=O) groups excluding carboxylic acids is 1. The van der Waals surface area contributed by atoms with Gasteiger partial charge in [0.1, 0.15) is 5.82 Å². The molecule has 0 spiro atoms. The Hall–Kier alpha value is -1.79. The van der Waals surface area contributed by atoms with E-state index in [0.29, 0.717) is 11.7 Å². The van der Waals surface area contributed by atoms with Crippen LogP contribution >= 0.6 is 0 Å². The number of nitrogens with zero attached hydrogens (tertiary/aromatic N) is 2. The zero-order chi connectivity index (χ0) is 15.2. The van der Waals surface area contributed by atoms with Gasteiger partial charge in [-0.15, -0.1) is 0 Å². The molecule has 21 heavy (non-hydrogen) atoms. The monoisotopic (exact) mass is 299 g/mol. The third-order valence-electron chi connectivity index (χ3n) is 4.65. The minimum atomic E-state index is -4.37. The van der Waals surface area contributed by atoms with Crippen LogP contribution in [0, 0.1) is 5.92 Å². The molecule has 0 aromatic carbocycles. The van der Waals surface area contributed by atoms with E-state index < -0.39 is 11.7 Å². The molecule has 7 heteroatoms. The van der Waals surface area contributed by atoms with Crippen LogP contribution in [-0.2, 0) is 11.0 Å². The van der Waals surface area contributed by atoms with Gasteiger partial charge in [-0.3, -0.25) is 4.79 Å². The number of aromatic nitrogens is 1. The van der Waals surface area contributed by atoms with Crippen molar-refractivity contribution in [1.82, 2.24) is 9.88 Å². The standard InChI is InChI=1S/C14H16F3N3O/c1-8-9-4-11(12(5-9)20(8)7-21)19-13-3-2-10(6-18-13)14(15,16)17/h2-3,6-9,11-12H,4-5H2,1H3,(H,18,19)/t8-,9+,11-,12+/m1/s1. The number of piperidine rings is 1. The fourth-order valence-corrected chi connectivity index (χ4v) is 3.49. The smallest absolute Gasteiger partial charge is 0.365 e. The molecule has 1 aliphatic heterocycles. The molecular weight excluding hydrogens is 283 g/mol. The van der Waals surface area contributed by atoms with Gasteiger partial charge >= 0.3 is 6.18 Å². The molecule has 0 radical (unpaired) electrons. The van der Waals surface area contributed by atoms with Gasteiger partial charge in [0.2, 0.25) is 6.41 Å². The highest BCUT2D eigenvalue weighted by Crippen LogP contribution is 2.42. The molecule has 1 amide bonds. The highest BCUT2D eigenvalue weighted by molar-refractivity contribution is 5.51. The first-order valence-electron chi connectivity index (χ1n) is 6.92. The van der Waals surface area contributed by atoms with E-state index in [1.54, 1.807) is 4.90 Å². The van der Waals surface area contributed by atoms with E-state index in [4.69, 9.17) is 0 Å². The summed E-state index contributed by atoms with van der Waals surface area (Å²) in [7, 11) is 0. The second kappa shape index (κ2) is 4.89. The number of hydrogen-bond acceptors (Lipinski definition) is 3. The number of likely N-dealkylation sites (tertiary alicyclic amines) is 1. The second-order valence-electron chi connectivity index (χ2n) is 5.77. The molecule has 2 bridgehead atoms. The SMILES string of the molecule is C[C@@H]1[C@H]2C[C@@H](Nc3ccc(C(F)(F)F)cn3)[C@H](C2)N1C=O. The fraction of sp³-hybridized carbons (Fsp3) is 0.571. The summed E-state index contributed by atoms with van der Waals surface area (Å²) >= 11 is 0. The molecule has 3 rings (SSSR count). The van der Waals surface area contributed by atoms with Crippen LogP contribution in [0.1, 0.15) is 25.3 Å². The largest absolute Gasteiger partial charge is 0.417 e. The van der Waals surface area contributed by atoms with Crippen LogP contribution in [0.4, 0.5) is 19.0 Å². The Morgan fingerprint density at radius 2 is 2.14 bits per heavy atom. The molecular formula is C14H16F3N3O. The molecule has 1 saturated carbocycles. The van der Waals surface area contributed by atoms with Gasteiger partial charge in [-0.1, -0.05) is 0 Å². The quantitative estimate of drug-likeness (QED) is 0.872. The summed E-state index contributed by atoms with van der Waals surface area (Å²) in [6, 6.07) is 2.75. The maximum atomic E-state index is 12.5. The molecule has 1 aliphatic carbocycles. The van der Waals surface area contributed by atoms with Crippen LogP contribution in [-0.4, -0.2) is 34.4 Å². The summed E-state index contributed by atoms with van der Waals surface area (Å²) in [5.41, 5.74) is -0.760. The van der Waals surface area contributed by atoms with Crippen molar-refractivity contribution in [1.29, 1.82) is 0 Å². The minimum absolute atomic E-state index is 0.0561. The summed E-state index contributed by atoms with van der Waals surface area (Å²) in [5, 5.41) is 3.16. The van der Waals surface area contributed by atoms with E-state index in [1.807, 2.05) is 6.92 Å². The predicted molar refractivity (Wildman–Crippen MR) is 70.5 cm³/mol. The summed E-state index contributed by atoms with van der Waals surface area (Å²) in [6.45, 7) is 2.03. The summed E-state index contributed by atoms with van der Waals surface area (Å²) < 4.78 is 37.4. The number of alkyl halides is 3. The third kappa shape index (κ3) is 2.45. The van der Waals surface area contributed by atoms with Gasteiger partial charge in [-0.05, 0) is 37.8 Å². The Morgan fingerprint density at radius 1 is 1.38 bits per heavy atom. The first kappa shape index (κ1) is 14.2. The zero-order valence-corrected chi connectivity index (χ0v) is 11.5. The Bertz CT molecular complexity index is 531. The molecule has 2 aliphatic rings. The van der Waals surface area contributed by atoms with Crippen molar-refractivity contribution in [2.24, 2.45) is 5.92 Å². The normalized spacial score (nSPS) is 31.5. The van der Waals surface area contributed by atoms with E-state index in [1.165, 1.54) is 6.07 Å². The van der Waals surface area contributed by atoms with E-state index in [0.717, 1.165) is 31.5 Å². The van der Waals surface area contributed by atoms with Crippen LogP contribution in [0.2, 0.25) is 0 Å². The lowest BCUT2D eigenvalue weighted by Gasteiger charge is -2.35. The lowest BCUT2D eigenvalue weighted by Crippen LogP contribution is -2.48. The van der Waals surface area contributed by atoms with Gasteiger partial charge in [0.15, 0.2) is 0 Å². The number of nitrogens with one attached hydrogen (secondary N) is 1. The molecule has 0 unspecified atom stereocenters. The van der Waals surface area contributed by atoms with Gasteiger partial charge in [-0.2, -0.15) is 13.2 Å². The average Bonchev–Trinajstić information content (AvgIpc) is 2.96. The van der Waals surface area contributed by atoms with Crippen LogP contribution in [0.5, 0.6) is 0 Å². The number of rotatable bonds is 3. The Balaban J connectivity index is 1.69. The lowest BCUT2D eigenvalue weighted by molar-refractivity contribution is -0.137. The fourth-order valence-electron chi connectivity index (χ4n) is 3.49. The molecule has 4 atom stereocenters. The summed E-state index contributed by atoms with van der Waals surface area (Å²) in [6.07, 6.45) is -0.822. The Kier molecular flexibility index (Phi) is 3.30. The van der Waals surface area contributed by atoms with Gasteiger partial charge in [0, 0.05) is 18.3 Å². The van der Waals surface area contributed by atoms with Crippen LogP contribution in [0.15, 0.2) is 18.3 Å². The topological polar surface area (TPSA) is 45.2 Å². The minimum Gasteiger partial charge on any atom is -0.365 e. The van der Waals surface area contributed by atoms with E-state index >= 15 is 0 Å². The maximum Gasteiger partial charge on any atom is 0.417 e. The number of amides is 1. The van der Waals surface area contributed by atoms with Gasteiger partial charge in [-0.25, -0.2) is 4.98 Å². The number of pyridine rings is 1. The molecule has 1 saturated heterocycles. The molecule has 1 aromatic rings. The highest BCUT2D eigenvalue weighted by atomic mass is 19.4. The lowest BCUT2D eigenvalue weighted by atomic mass is 9.98. The zero-order valence-electron chi connectivity index (χ0n) is 11.5. The second-order valence-corrected chi connectivity index (χ2v) is 5.77. The van der Waals surface area contributed by atoms with Crippen molar-refractivity contribution < 1.29 is 18.0 Å². The highest BCUT2D eigenvalue weighted by Gasteiger charge is 2.49. The molecule has 1 N–H and O–H groups in total. The molecule has 2 heterocycles. The van der Waals surface area contributed by atoms with Crippen molar-refractivity contribution in [3.63, 3.8) is 0 Å². The number of halogens is 3. The van der Waals surface area contributed by atoms with E-state index in [-0.39, 0.29) is 18.1 Å². The molecule has 114 valence electrons. The Labute approximate surface area is 120 Å². The molecule has 1 aromatic heterocycles. The Morgan fingerprint density at radius 3 is 2.67 bits per heavy atom.